The minimum absolute atomic E-state index is 0.151. The molecule has 1 saturated heterocycles. The topological polar surface area (TPSA) is 199 Å². The van der Waals surface area contributed by atoms with Gasteiger partial charge in [0.25, 0.3) is 0 Å². The van der Waals surface area contributed by atoms with Crippen molar-refractivity contribution in [2.45, 2.75) is 12.5 Å². The molecule has 1 aliphatic heterocycles. The van der Waals surface area contributed by atoms with Crippen LogP contribution in [0.15, 0.2) is 0 Å². The second kappa shape index (κ2) is 12.8. The molecule has 1 rings (SSSR count). The molecule has 0 aliphatic carbocycles. The van der Waals surface area contributed by atoms with Crippen molar-refractivity contribution in [3.8, 4) is 0 Å². The molecule has 1 heterocycles. The molecule has 0 bridgehead atoms. The summed E-state index contributed by atoms with van der Waals surface area (Å²) in [6.07, 6.45) is 0. The summed E-state index contributed by atoms with van der Waals surface area (Å²) in [4.78, 5) is 49.1. The molecule has 162 valence electrons. The Bertz CT molecular complexity index is 530. The fraction of sp³-hybridized carbons (Fsp3) is 1.00. The molecule has 1 fully saturated rings. The van der Waals surface area contributed by atoms with Crippen LogP contribution >= 0.6 is 33.4 Å². The van der Waals surface area contributed by atoms with Crippen LogP contribution in [0.4, 0.5) is 0 Å². The van der Waals surface area contributed by atoms with Crippen LogP contribution in [0.3, 0.4) is 0 Å². The van der Waals surface area contributed by atoms with Crippen molar-refractivity contribution in [2.24, 2.45) is 0 Å². The highest BCUT2D eigenvalue weighted by Crippen LogP contribution is 2.31. The van der Waals surface area contributed by atoms with Crippen LogP contribution in [0.25, 0.3) is 0 Å². The van der Waals surface area contributed by atoms with E-state index in [1.165, 1.54) is 4.90 Å². The van der Waals surface area contributed by atoms with E-state index >= 15 is 0 Å². The van der Waals surface area contributed by atoms with E-state index in [4.69, 9.17) is 42.6 Å². The maximum absolute atomic E-state index is 10.9. The molecule has 1 aliphatic rings. The first-order valence-corrected chi connectivity index (χ1v) is 11.9. The fourth-order valence-corrected chi connectivity index (χ4v) is 3.63. The predicted molar refractivity (Wildman–Crippen MR) is 93.2 cm³/mol. The summed E-state index contributed by atoms with van der Waals surface area (Å²) in [7, 11) is -11.4. The molecule has 0 saturated carbocycles. The van der Waals surface area contributed by atoms with Crippen LogP contribution in [0, 0.1) is 0 Å². The van der Waals surface area contributed by atoms with Crippen molar-refractivity contribution in [3.63, 3.8) is 0 Å². The van der Waals surface area contributed by atoms with Crippen molar-refractivity contribution >= 4 is 33.4 Å². The Labute approximate surface area is 164 Å². The largest absolute Gasteiger partial charge is 0.696 e. The van der Waals surface area contributed by atoms with Gasteiger partial charge in [-0.3, -0.25) is 14.3 Å². The van der Waals surface area contributed by atoms with Crippen molar-refractivity contribution < 1.29 is 56.3 Å². The van der Waals surface area contributed by atoms with Crippen LogP contribution in [-0.4, -0.2) is 91.4 Å². The second-order valence-electron chi connectivity index (χ2n) is 5.84. The van der Waals surface area contributed by atoms with Gasteiger partial charge in [-0.1, -0.05) is 0 Å². The quantitative estimate of drug-likeness (QED) is 0.167. The lowest BCUT2D eigenvalue weighted by atomic mass is 9.97. The molecule has 15 nitrogen and oxygen atoms in total. The van der Waals surface area contributed by atoms with E-state index in [0.717, 1.165) is 0 Å². The Balaban J connectivity index is 2.96. The lowest BCUT2D eigenvalue weighted by Gasteiger charge is -2.49. The van der Waals surface area contributed by atoms with Crippen LogP contribution in [0.2, 0.25) is 0 Å². The first-order chi connectivity index (χ1) is 13.0. The highest BCUT2D eigenvalue weighted by molar-refractivity contribution is 7.39. The smallest absolute Gasteiger partial charge is 0.328 e. The van der Waals surface area contributed by atoms with Gasteiger partial charge in [-0.2, -0.15) is 0 Å². The second-order valence-corrected chi connectivity index (χ2v) is 8.80. The molecular weight excluding hydrogens is 466 g/mol. The first kappa shape index (κ1) is 26.3. The van der Waals surface area contributed by atoms with E-state index in [1.54, 1.807) is 16.7 Å². The van der Waals surface area contributed by atoms with Crippen molar-refractivity contribution in [3.05, 3.63) is 0 Å². The third-order valence-corrected chi connectivity index (χ3v) is 5.00. The lowest BCUT2D eigenvalue weighted by Crippen LogP contribution is -2.66. The summed E-state index contributed by atoms with van der Waals surface area (Å²) < 4.78 is 51.4. The molecule has 0 amide bonds. The van der Waals surface area contributed by atoms with Gasteiger partial charge >= 0.3 is 33.4 Å². The number of hydrogen-bond donors (Lipinski definition) is 5. The summed E-state index contributed by atoms with van der Waals surface area (Å²) in [5.41, 5.74) is -0.941. The number of nitrogens with zero attached hydrogens (tertiary/aromatic N) is 3. The third kappa shape index (κ3) is 10.3. The minimum atomic E-state index is -2.94. The van der Waals surface area contributed by atoms with Gasteiger partial charge < -0.3 is 9.79 Å². The van der Waals surface area contributed by atoms with Crippen molar-refractivity contribution in [1.29, 1.82) is 0 Å². The molecule has 3 atom stereocenters. The lowest BCUT2D eigenvalue weighted by molar-refractivity contribution is -0.115. The van der Waals surface area contributed by atoms with Crippen molar-refractivity contribution in [1.82, 2.24) is 14.7 Å². The highest BCUT2D eigenvalue weighted by Gasteiger charge is 2.42. The first-order valence-electron chi connectivity index (χ1n) is 7.39. The molecule has 0 aromatic carbocycles. The van der Waals surface area contributed by atoms with Crippen molar-refractivity contribution in [2.75, 3.05) is 46.7 Å². The van der Waals surface area contributed by atoms with Crippen LogP contribution in [0.1, 0.15) is 6.92 Å². The number of rotatable bonds is 13. The van der Waals surface area contributed by atoms with E-state index in [1.807, 2.05) is 0 Å². The monoisotopic (exact) mass is 488 g/mol. The summed E-state index contributed by atoms with van der Waals surface area (Å²) in [5.74, 6) is 0. The van der Waals surface area contributed by atoms with E-state index in [-0.39, 0.29) is 40.0 Å². The zero-order valence-electron chi connectivity index (χ0n) is 14.7. The Morgan fingerprint density at radius 2 is 1.39 bits per heavy atom. The maximum atomic E-state index is 10.9. The van der Waals surface area contributed by atoms with Gasteiger partial charge in [-0.25, -0.2) is 4.90 Å². The Morgan fingerprint density at radius 3 is 1.79 bits per heavy atom. The molecule has 0 radical (unpaired) electrons. The van der Waals surface area contributed by atoms with Crippen LogP contribution in [0.5, 0.6) is 0 Å². The van der Waals surface area contributed by atoms with E-state index in [0.29, 0.717) is 0 Å². The Kier molecular flexibility index (Phi) is 12.0. The van der Waals surface area contributed by atoms with E-state index in [2.05, 4.69) is 0 Å². The van der Waals surface area contributed by atoms with Gasteiger partial charge in [0.15, 0.2) is 20.2 Å². The molecule has 5 N–H and O–H groups in total. The zero-order valence-corrected chi connectivity index (χ0v) is 18.3. The molecule has 0 aromatic heterocycles. The fourth-order valence-electron chi connectivity index (χ4n) is 2.62. The van der Waals surface area contributed by atoms with Crippen LogP contribution in [-0.2, 0) is 31.8 Å². The SMILES string of the molecule is CC1(N(COP(O)O)CO[P+](=O)O)CN(CO[P+](=O)O)CN(CO[P+](=O)O)C1. The summed E-state index contributed by atoms with van der Waals surface area (Å²) in [6.45, 7) is 0.862. The Hall–Kier alpha value is 0.250. The molecule has 19 heteroatoms. The molecule has 0 aromatic rings. The van der Waals surface area contributed by atoms with Gasteiger partial charge in [0.05, 0.1) is 6.67 Å². The predicted octanol–water partition coefficient (Wildman–Crippen LogP) is -0.321. The normalized spacial score (nSPS) is 23.4. The van der Waals surface area contributed by atoms with Gasteiger partial charge in [0.2, 0.25) is 0 Å². The van der Waals surface area contributed by atoms with Gasteiger partial charge in [-0.05, 0) is 6.92 Å². The molecular formula is C9H22N3O12P4+3. The average molecular weight is 488 g/mol. The number of hydrogen-bond acceptors (Lipinski definition) is 12. The minimum Gasteiger partial charge on any atom is -0.328 e. The zero-order chi connectivity index (χ0) is 21.3. The molecule has 28 heavy (non-hydrogen) atoms. The summed E-state index contributed by atoms with van der Waals surface area (Å²) >= 11 is 0. The van der Waals surface area contributed by atoms with Gasteiger partial charge in [0, 0.05) is 32.3 Å². The average Bonchev–Trinajstić information content (AvgIpc) is 2.57. The van der Waals surface area contributed by atoms with Crippen LogP contribution < -0.4 is 0 Å². The van der Waals surface area contributed by atoms with Gasteiger partial charge in [0.1, 0.15) is 6.73 Å². The third-order valence-electron chi connectivity index (χ3n) is 3.65. The van der Waals surface area contributed by atoms with E-state index < -0.39 is 45.6 Å². The highest BCUT2D eigenvalue weighted by atomic mass is 31.2. The summed E-state index contributed by atoms with van der Waals surface area (Å²) in [5, 5.41) is 0. The Morgan fingerprint density at radius 1 is 0.929 bits per heavy atom. The summed E-state index contributed by atoms with van der Waals surface area (Å²) in [6, 6.07) is 0. The molecule has 0 spiro atoms. The molecule has 3 unspecified atom stereocenters. The van der Waals surface area contributed by atoms with Gasteiger partial charge in [-0.15, -0.1) is 28.3 Å². The standard InChI is InChI=1S/C9H19N3O12P4/c1-9(12(7-23-27(17)18)8-24-28(19)20)2-10(5-21-25(13)14)4-11(3-9)6-22-26(15)16/h17-18H,2-8H2,1H3/p+3. The van der Waals surface area contributed by atoms with E-state index in [9.17, 15) is 13.7 Å². The maximum Gasteiger partial charge on any atom is 0.696 e.